The number of aromatic nitrogens is 3. The van der Waals surface area contributed by atoms with Crippen LogP contribution in [0.25, 0.3) is 17.1 Å². The van der Waals surface area contributed by atoms with E-state index < -0.39 is 35.5 Å². The predicted molar refractivity (Wildman–Crippen MR) is 98.3 cm³/mol. The monoisotopic (exact) mass is 485 g/mol. The lowest BCUT2D eigenvalue weighted by molar-refractivity contribution is -0.141. The molecule has 0 N–H and O–H groups in total. The van der Waals surface area contributed by atoms with Crippen LogP contribution in [0.4, 0.5) is 39.5 Å². The molecule has 0 radical (unpaired) electrons. The molecule has 3 nitrogen and oxygen atoms in total. The average molecular weight is 485 g/mol. The van der Waals surface area contributed by atoms with Crippen LogP contribution in [0.2, 0.25) is 0 Å². The molecule has 13 heteroatoms. The van der Waals surface area contributed by atoms with Gasteiger partial charge in [-0.2, -0.15) is 44.6 Å². The molecule has 2 heterocycles. The number of alkyl halides is 9. The number of hydrogen-bond acceptors (Lipinski definition) is 3. The Morgan fingerprint density at radius 2 is 1.56 bits per heavy atom. The van der Waals surface area contributed by atoms with Gasteiger partial charge in [-0.3, -0.25) is 0 Å². The summed E-state index contributed by atoms with van der Waals surface area (Å²) in [5, 5.41) is 3.42. The van der Waals surface area contributed by atoms with Gasteiger partial charge in [-0.25, -0.2) is 9.67 Å². The summed E-state index contributed by atoms with van der Waals surface area (Å²) in [4.78, 5) is 3.75. The number of rotatable bonds is 4. The summed E-state index contributed by atoms with van der Waals surface area (Å²) in [6.45, 7) is 1.54. The van der Waals surface area contributed by atoms with E-state index >= 15 is 0 Å². The summed E-state index contributed by atoms with van der Waals surface area (Å²) in [7, 11) is 0. The van der Waals surface area contributed by atoms with Crippen LogP contribution < -0.4 is 0 Å². The van der Waals surface area contributed by atoms with Crippen LogP contribution >= 0.6 is 11.8 Å². The molecule has 0 unspecified atom stereocenters. The van der Waals surface area contributed by atoms with Gasteiger partial charge in [0, 0.05) is 16.7 Å². The molecule has 0 atom stereocenters. The number of nitrogens with zero attached hydrogens (tertiary/aromatic N) is 3. The molecule has 1 aromatic carbocycles. The maximum Gasteiger partial charge on any atom is 0.435 e. The van der Waals surface area contributed by atoms with Crippen molar-refractivity contribution in [2.45, 2.75) is 30.3 Å². The summed E-state index contributed by atoms with van der Waals surface area (Å²) >= 11 is 0.464. The Labute approximate surface area is 179 Å². The minimum absolute atomic E-state index is 0.0879. The van der Waals surface area contributed by atoms with Gasteiger partial charge in [0.05, 0.1) is 17.0 Å². The molecule has 0 bridgehead atoms. The van der Waals surface area contributed by atoms with Crippen LogP contribution in [-0.2, 0) is 12.4 Å². The third-order valence-corrected chi connectivity index (χ3v) is 5.39. The van der Waals surface area contributed by atoms with Gasteiger partial charge in [0.15, 0.2) is 11.5 Å². The zero-order chi connectivity index (χ0) is 23.9. The van der Waals surface area contributed by atoms with Crippen LogP contribution in [-0.4, -0.2) is 26.7 Å². The van der Waals surface area contributed by atoms with Crippen molar-refractivity contribution in [1.29, 1.82) is 0 Å². The second-order valence-electron chi connectivity index (χ2n) is 6.61. The minimum atomic E-state index is -4.87. The van der Waals surface area contributed by atoms with Crippen molar-refractivity contribution in [3.63, 3.8) is 0 Å². The van der Waals surface area contributed by atoms with Crippen molar-refractivity contribution < 1.29 is 39.5 Å². The normalized spacial score (nSPS) is 12.9. The molecule has 0 amide bonds. The van der Waals surface area contributed by atoms with Gasteiger partial charge in [0.25, 0.3) is 0 Å². The lowest BCUT2D eigenvalue weighted by atomic mass is 10.1. The molecule has 3 rings (SSSR count). The zero-order valence-corrected chi connectivity index (χ0v) is 16.7. The molecule has 0 saturated heterocycles. The quantitative estimate of drug-likeness (QED) is 0.297. The van der Waals surface area contributed by atoms with E-state index in [0.29, 0.717) is 40.3 Å². The summed E-state index contributed by atoms with van der Waals surface area (Å²) in [6, 6.07) is 6.23. The van der Waals surface area contributed by atoms with Gasteiger partial charge in [-0.05, 0) is 36.8 Å². The van der Waals surface area contributed by atoms with Crippen LogP contribution in [0, 0.1) is 6.92 Å². The predicted octanol–water partition coefficient (Wildman–Crippen LogP) is 6.93. The molecule has 0 aliphatic heterocycles. The van der Waals surface area contributed by atoms with Crippen molar-refractivity contribution in [3.8, 4) is 17.1 Å². The molecule has 3 aromatic rings. The zero-order valence-electron chi connectivity index (χ0n) is 15.9. The Hall–Kier alpha value is -2.70. The summed E-state index contributed by atoms with van der Waals surface area (Å²) in [5.74, 6) is -1.53. The topological polar surface area (TPSA) is 30.7 Å². The molecule has 2 aromatic heterocycles. The largest absolute Gasteiger partial charge is 0.435 e. The summed E-state index contributed by atoms with van der Waals surface area (Å²) < 4.78 is 117. The van der Waals surface area contributed by atoms with E-state index in [-0.39, 0.29) is 22.0 Å². The maximum atomic E-state index is 13.3. The van der Waals surface area contributed by atoms with Gasteiger partial charge < -0.3 is 0 Å². The smallest absolute Gasteiger partial charge is 0.236 e. The second-order valence-corrected chi connectivity index (χ2v) is 7.63. The van der Waals surface area contributed by atoms with E-state index in [9.17, 15) is 39.5 Å². The van der Waals surface area contributed by atoms with E-state index in [1.54, 1.807) is 6.92 Å². The summed E-state index contributed by atoms with van der Waals surface area (Å²) in [5.41, 5.74) is -2.08. The molecule has 0 aliphatic carbocycles. The van der Waals surface area contributed by atoms with Gasteiger partial charge >= 0.3 is 18.5 Å². The Bertz CT molecular complexity index is 1100. The third-order valence-electron chi connectivity index (χ3n) is 4.17. The maximum absolute atomic E-state index is 13.3. The first-order valence-corrected chi connectivity index (χ1v) is 9.65. The van der Waals surface area contributed by atoms with E-state index in [1.807, 2.05) is 0 Å². The summed E-state index contributed by atoms with van der Waals surface area (Å²) in [6.07, 6.45) is -13.6. The van der Waals surface area contributed by atoms with Crippen molar-refractivity contribution in [3.05, 3.63) is 59.4 Å². The Kier molecular flexibility index (Phi) is 6.24. The van der Waals surface area contributed by atoms with E-state index in [1.165, 1.54) is 18.2 Å². The number of aryl methyl sites for hydroxylation is 1. The lowest BCUT2D eigenvalue weighted by Crippen LogP contribution is -2.10. The molecule has 32 heavy (non-hydrogen) atoms. The first kappa shape index (κ1) is 24.0. The number of halogens is 9. The van der Waals surface area contributed by atoms with Gasteiger partial charge in [-0.1, -0.05) is 12.1 Å². The molecule has 0 saturated carbocycles. The first-order valence-electron chi connectivity index (χ1n) is 8.66. The number of hydrogen-bond donors (Lipinski definition) is 0. The fourth-order valence-electron chi connectivity index (χ4n) is 2.65. The highest BCUT2D eigenvalue weighted by Crippen LogP contribution is 2.36. The molecule has 0 aliphatic rings. The van der Waals surface area contributed by atoms with Crippen LogP contribution in [0.3, 0.4) is 0 Å². The molecule has 0 spiro atoms. The Balaban J connectivity index is 2.09. The van der Waals surface area contributed by atoms with Gasteiger partial charge in [0.1, 0.15) is 0 Å². The Morgan fingerprint density at radius 1 is 0.875 bits per heavy atom. The number of benzene rings is 1. The van der Waals surface area contributed by atoms with Gasteiger partial charge in [0.2, 0.25) is 0 Å². The van der Waals surface area contributed by atoms with Crippen LogP contribution in [0.1, 0.15) is 16.8 Å². The standard InChI is InChI=1S/C19H12F9N3S/c1-10-2-3-11(6-14(10)32-9-17(20,21)22)13-7-15(19(26,27)28)30-31(13)16-5-4-12(8-29-16)18(23,24)25/h2-8H,9H2,1H3. The van der Waals surface area contributed by atoms with E-state index in [2.05, 4.69) is 10.1 Å². The third kappa shape index (κ3) is 5.56. The molecular weight excluding hydrogens is 473 g/mol. The van der Waals surface area contributed by atoms with Crippen LogP contribution in [0.15, 0.2) is 47.5 Å². The Morgan fingerprint density at radius 3 is 2.09 bits per heavy atom. The highest BCUT2D eigenvalue weighted by Gasteiger charge is 2.36. The SMILES string of the molecule is Cc1ccc(-c2cc(C(F)(F)F)nn2-c2ccc(C(F)(F)F)cn2)cc1SCC(F)(F)F. The van der Waals surface area contributed by atoms with Gasteiger partial charge in [-0.15, -0.1) is 11.8 Å². The lowest BCUT2D eigenvalue weighted by Gasteiger charge is -2.12. The highest BCUT2D eigenvalue weighted by molar-refractivity contribution is 7.99. The molecular formula is C19H12F9N3S. The minimum Gasteiger partial charge on any atom is -0.236 e. The van der Waals surface area contributed by atoms with Crippen molar-refractivity contribution >= 4 is 11.8 Å². The van der Waals surface area contributed by atoms with Crippen molar-refractivity contribution in [2.75, 3.05) is 5.75 Å². The average Bonchev–Trinajstić information content (AvgIpc) is 3.12. The van der Waals surface area contributed by atoms with Crippen molar-refractivity contribution in [1.82, 2.24) is 14.8 Å². The number of thioether (sulfide) groups is 1. The first-order chi connectivity index (χ1) is 14.6. The molecule has 172 valence electrons. The highest BCUT2D eigenvalue weighted by atomic mass is 32.2. The van der Waals surface area contributed by atoms with Crippen LogP contribution in [0.5, 0.6) is 0 Å². The fourth-order valence-corrected chi connectivity index (χ4v) is 3.48. The van der Waals surface area contributed by atoms with E-state index in [4.69, 9.17) is 0 Å². The number of pyridine rings is 1. The fraction of sp³-hybridized carbons (Fsp3) is 0.263. The molecule has 0 fully saturated rings. The van der Waals surface area contributed by atoms with E-state index in [0.717, 1.165) is 6.07 Å². The second kappa shape index (κ2) is 8.34. The van der Waals surface area contributed by atoms with Crippen molar-refractivity contribution in [2.24, 2.45) is 0 Å².